The number of methoxy groups -OCH3 is 1. The predicted octanol–water partition coefficient (Wildman–Crippen LogP) is 2.21. The third-order valence-electron chi connectivity index (χ3n) is 3.27. The minimum atomic E-state index is -1.15. The number of nitrogens with zero attached hydrogens (tertiary/aromatic N) is 1. The van der Waals surface area contributed by atoms with Gasteiger partial charge < -0.3 is 15.2 Å². The molecule has 118 valence electrons. The van der Waals surface area contributed by atoms with Crippen molar-refractivity contribution in [2.45, 2.75) is 0 Å². The second-order valence-corrected chi connectivity index (χ2v) is 4.69. The number of ether oxygens (including phenoxy) is 1. The highest BCUT2D eigenvalue weighted by Gasteiger charge is 2.16. The summed E-state index contributed by atoms with van der Waals surface area (Å²) >= 11 is 0. The highest BCUT2D eigenvalue weighted by Crippen LogP contribution is 2.29. The van der Waals surface area contributed by atoms with E-state index in [0.717, 1.165) is 0 Å². The van der Waals surface area contributed by atoms with Gasteiger partial charge in [0.25, 0.3) is 5.91 Å². The van der Waals surface area contributed by atoms with Crippen molar-refractivity contribution in [3.63, 3.8) is 0 Å². The van der Waals surface area contributed by atoms with Crippen LogP contribution in [0.2, 0.25) is 0 Å². The summed E-state index contributed by atoms with van der Waals surface area (Å²) in [6.07, 6.45) is 0. The molecule has 1 amide bonds. The lowest BCUT2D eigenvalue weighted by Crippen LogP contribution is -2.20. The van der Waals surface area contributed by atoms with Gasteiger partial charge in [-0.2, -0.15) is 0 Å². The third-order valence-corrected chi connectivity index (χ3v) is 3.27. The number of amides is 1. The number of carbonyl (C=O) groups excluding carboxylic acids is 1. The van der Waals surface area contributed by atoms with E-state index >= 15 is 0 Å². The van der Waals surface area contributed by atoms with Gasteiger partial charge in [0.1, 0.15) is 11.4 Å². The molecular weight excluding hydrogens is 296 g/mol. The van der Waals surface area contributed by atoms with E-state index in [1.54, 1.807) is 12.1 Å². The Kier molecular flexibility index (Phi) is 4.75. The second kappa shape index (κ2) is 6.74. The summed E-state index contributed by atoms with van der Waals surface area (Å²) in [6.45, 7) is 3.96. The van der Waals surface area contributed by atoms with Crippen LogP contribution >= 0.6 is 0 Å². The summed E-state index contributed by atoms with van der Waals surface area (Å²) < 4.78 is 5.28. The van der Waals surface area contributed by atoms with E-state index in [1.165, 1.54) is 26.3 Å². The van der Waals surface area contributed by atoms with Crippen molar-refractivity contribution in [2.24, 2.45) is 0 Å². The Morgan fingerprint density at radius 3 is 2.48 bits per heavy atom. The first-order valence-electron chi connectivity index (χ1n) is 6.78. The molecule has 0 atom stereocenters. The van der Waals surface area contributed by atoms with Gasteiger partial charge in [-0.25, -0.2) is 9.78 Å². The first-order chi connectivity index (χ1) is 11.0. The summed E-state index contributed by atoms with van der Waals surface area (Å²) in [5.74, 6) is -1.03. The Labute approximate surface area is 133 Å². The Bertz CT molecular complexity index is 784. The van der Waals surface area contributed by atoms with E-state index in [0.29, 0.717) is 22.6 Å². The quantitative estimate of drug-likeness (QED) is 0.883. The Balaban J connectivity index is 2.57. The van der Waals surface area contributed by atoms with Gasteiger partial charge in [0.2, 0.25) is 0 Å². The van der Waals surface area contributed by atoms with E-state index < -0.39 is 11.9 Å². The van der Waals surface area contributed by atoms with Crippen molar-refractivity contribution in [1.29, 1.82) is 0 Å². The second-order valence-electron chi connectivity index (χ2n) is 4.69. The topological polar surface area (TPSA) is 88.5 Å². The lowest BCUT2D eigenvalue weighted by atomic mass is 10.0. The summed E-state index contributed by atoms with van der Waals surface area (Å²) in [5, 5.41) is 11.7. The number of nitrogens with one attached hydrogen (secondary N) is 1. The van der Waals surface area contributed by atoms with Crippen molar-refractivity contribution in [2.75, 3.05) is 14.2 Å². The van der Waals surface area contributed by atoms with Crippen LogP contribution in [-0.4, -0.2) is 36.1 Å². The molecule has 0 fully saturated rings. The maximum absolute atomic E-state index is 11.8. The van der Waals surface area contributed by atoms with Crippen molar-refractivity contribution >= 4 is 17.4 Å². The van der Waals surface area contributed by atoms with Crippen LogP contribution in [0.3, 0.4) is 0 Å². The predicted molar refractivity (Wildman–Crippen MR) is 85.7 cm³/mol. The van der Waals surface area contributed by atoms with Crippen molar-refractivity contribution in [3.05, 3.63) is 65.5 Å². The average molecular weight is 312 g/mol. The molecule has 0 spiro atoms. The zero-order valence-electron chi connectivity index (χ0n) is 12.8. The molecule has 2 rings (SSSR count). The van der Waals surface area contributed by atoms with Crippen LogP contribution in [0.25, 0.3) is 5.57 Å². The third kappa shape index (κ3) is 3.37. The first-order valence-corrected chi connectivity index (χ1v) is 6.78. The number of carbonyl (C=O) groups is 2. The molecule has 1 aromatic heterocycles. The molecule has 6 nitrogen and oxygen atoms in total. The minimum Gasteiger partial charge on any atom is -0.496 e. The monoisotopic (exact) mass is 312 g/mol. The standard InChI is InChI=1S/C17H16N2O4/c1-10(12-6-4-5-7-15(12)23-3)13-8-11(17(21)22)9-14(19-13)16(20)18-2/h4-9H,1H2,2-3H3,(H,18,20)(H,21,22). The number of benzene rings is 1. The fraction of sp³-hybridized carbons (Fsp3) is 0.118. The molecule has 0 unspecified atom stereocenters. The van der Waals surface area contributed by atoms with Crippen LogP contribution in [0.15, 0.2) is 43.0 Å². The van der Waals surface area contributed by atoms with Gasteiger partial charge in [-0.05, 0) is 18.2 Å². The van der Waals surface area contributed by atoms with Gasteiger partial charge in [0.15, 0.2) is 0 Å². The van der Waals surface area contributed by atoms with Crippen LogP contribution in [-0.2, 0) is 0 Å². The Morgan fingerprint density at radius 1 is 1.22 bits per heavy atom. The first kappa shape index (κ1) is 16.2. The molecule has 0 aliphatic rings. The van der Waals surface area contributed by atoms with Gasteiger partial charge in [0.05, 0.1) is 18.4 Å². The molecule has 0 aliphatic carbocycles. The van der Waals surface area contributed by atoms with Crippen LogP contribution in [0.4, 0.5) is 0 Å². The molecule has 6 heteroatoms. The molecule has 0 saturated heterocycles. The average Bonchev–Trinajstić information content (AvgIpc) is 2.59. The van der Waals surface area contributed by atoms with Gasteiger partial charge in [0, 0.05) is 18.2 Å². The Morgan fingerprint density at radius 2 is 1.87 bits per heavy atom. The number of para-hydroxylation sites is 1. The lowest BCUT2D eigenvalue weighted by molar-refractivity contribution is 0.0696. The minimum absolute atomic E-state index is 0.0125. The van der Waals surface area contributed by atoms with Crippen molar-refractivity contribution in [3.8, 4) is 5.75 Å². The van der Waals surface area contributed by atoms with Crippen LogP contribution in [0, 0.1) is 0 Å². The molecule has 1 aromatic carbocycles. The molecule has 2 N–H and O–H groups in total. The Hall–Kier alpha value is -3.15. The molecular formula is C17H16N2O4. The summed E-state index contributed by atoms with van der Waals surface area (Å²) in [5.41, 5.74) is 1.42. The number of hydrogen-bond donors (Lipinski definition) is 2. The molecule has 2 aromatic rings. The number of carboxylic acid groups (broad SMARTS) is 1. The zero-order valence-corrected chi connectivity index (χ0v) is 12.8. The molecule has 0 radical (unpaired) electrons. The normalized spacial score (nSPS) is 10.0. The maximum Gasteiger partial charge on any atom is 0.335 e. The molecule has 1 heterocycles. The maximum atomic E-state index is 11.8. The van der Waals surface area contributed by atoms with E-state index in [-0.39, 0.29) is 11.3 Å². The highest BCUT2D eigenvalue weighted by atomic mass is 16.5. The molecule has 0 saturated carbocycles. The fourth-order valence-corrected chi connectivity index (χ4v) is 2.08. The van der Waals surface area contributed by atoms with E-state index in [2.05, 4.69) is 16.9 Å². The summed E-state index contributed by atoms with van der Waals surface area (Å²) in [7, 11) is 2.98. The molecule has 0 aliphatic heterocycles. The highest BCUT2D eigenvalue weighted by molar-refractivity contribution is 5.97. The van der Waals surface area contributed by atoms with E-state index in [9.17, 15) is 14.7 Å². The molecule has 23 heavy (non-hydrogen) atoms. The number of rotatable bonds is 5. The van der Waals surface area contributed by atoms with Crippen LogP contribution in [0.1, 0.15) is 32.1 Å². The smallest absolute Gasteiger partial charge is 0.335 e. The number of aromatic nitrogens is 1. The van der Waals surface area contributed by atoms with Crippen molar-refractivity contribution in [1.82, 2.24) is 10.3 Å². The van der Waals surface area contributed by atoms with Crippen LogP contribution < -0.4 is 10.1 Å². The number of hydrogen-bond acceptors (Lipinski definition) is 4. The number of pyridine rings is 1. The molecule has 0 bridgehead atoms. The largest absolute Gasteiger partial charge is 0.496 e. The lowest BCUT2D eigenvalue weighted by Gasteiger charge is -2.12. The zero-order chi connectivity index (χ0) is 17.0. The van der Waals surface area contributed by atoms with Gasteiger partial charge >= 0.3 is 5.97 Å². The van der Waals surface area contributed by atoms with Gasteiger partial charge in [-0.1, -0.05) is 24.8 Å². The van der Waals surface area contributed by atoms with Crippen molar-refractivity contribution < 1.29 is 19.4 Å². The fourth-order valence-electron chi connectivity index (χ4n) is 2.08. The number of aromatic carboxylic acids is 1. The summed E-state index contributed by atoms with van der Waals surface area (Å²) in [4.78, 5) is 27.3. The number of carboxylic acids is 1. The van der Waals surface area contributed by atoms with Gasteiger partial charge in [-0.3, -0.25) is 4.79 Å². The SMILES string of the molecule is C=C(c1cc(C(=O)O)cc(C(=O)NC)n1)c1ccccc1OC. The summed E-state index contributed by atoms with van der Waals surface area (Å²) in [6, 6.07) is 9.78. The van der Waals surface area contributed by atoms with E-state index in [1.807, 2.05) is 12.1 Å². The van der Waals surface area contributed by atoms with E-state index in [4.69, 9.17) is 4.74 Å². The van der Waals surface area contributed by atoms with Gasteiger partial charge in [-0.15, -0.1) is 0 Å². The van der Waals surface area contributed by atoms with Crippen LogP contribution in [0.5, 0.6) is 5.75 Å².